The Hall–Kier alpha value is -3.94. The molecule has 33 heavy (non-hydrogen) atoms. The molecule has 0 saturated carbocycles. The second kappa shape index (κ2) is 10.1. The lowest BCUT2D eigenvalue weighted by atomic mass is 10.1. The maximum absolute atomic E-state index is 12.8. The predicted octanol–water partition coefficient (Wildman–Crippen LogP) is 4.89. The van der Waals surface area contributed by atoms with Gasteiger partial charge in [0.2, 0.25) is 5.91 Å². The molecule has 5 nitrogen and oxygen atoms in total. The third-order valence-corrected chi connectivity index (χ3v) is 5.08. The molecule has 2 amide bonds. The topological polar surface area (TPSA) is 62.3 Å². The van der Waals surface area contributed by atoms with E-state index in [0.29, 0.717) is 35.5 Å². The Labute approximate surface area is 189 Å². The zero-order valence-corrected chi connectivity index (χ0v) is 17.9. The minimum absolute atomic E-state index is 0.177. The maximum atomic E-state index is 12.8. The monoisotopic (exact) mass is 453 g/mol. The number of hydrogen-bond donors (Lipinski definition) is 1. The molecule has 0 bridgehead atoms. The fourth-order valence-corrected chi connectivity index (χ4v) is 3.23. The van der Waals surface area contributed by atoms with Gasteiger partial charge in [-0.2, -0.15) is 13.2 Å². The molecule has 0 radical (unpaired) electrons. The molecule has 0 atom stereocenters. The number of benzene rings is 2. The Kier molecular flexibility index (Phi) is 7.27. The van der Waals surface area contributed by atoms with Crippen LogP contribution in [0.15, 0.2) is 79.5 Å². The van der Waals surface area contributed by atoms with E-state index in [2.05, 4.69) is 16.9 Å². The van der Waals surface area contributed by atoms with Crippen molar-refractivity contribution in [1.29, 1.82) is 0 Å². The number of halogens is 3. The predicted molar refractivity (Wildman–Crippen MR) is 121 cm³/mol. The first kappa shape index (κ1) is 23.7. The third kappa shape index (κ3) is 5.85. The largest absolute Gasteiger partial charge is 0.416 e. The van der Waals surface area contributed by atoms with Gasteiger partial charge in [0.1, 0.15) is 0 Å². The Balaban J connectivity index is 1.74. The van der Waals surface area contributed by atoms with Crippen molar-refractivity contribution >= 4 is 17.5 Å². The molecule has 0 aliphatic heterocycles. The Morgan fingerprint density at radius 3 is 2.21 bits per heavy atom. The normalized spacial score (nSPS) is 11.0. The van der Waals surface area contributed by atoms with E-state index in [0.717, 1.165) is 17.7 Å². The van der Waals surface area contributed by atoms with Crippen molar-refractivity contribution < 1.29 is 22.8 Å². The van der Waals surface area contributed by atoms with Crippen molar-refractivity contribution in [2.75, 3.05) is 18.5 Å². The van der Waals surface area contributed by atoms with Gasteiger partial charge in [0.05, 0.1) is 23.1 Å². The fraction of sp³-hybridized carbons (Fsp3) is 0.160. The van der Waals surface area contributed by atoms with Crippen molar-refractivity contribution in [2.24, 2.45) is 0 Å². The summed E-state index contributed by atoms with van der Waals surface area (Å²) in [6, 6.07) is 15.2. The minimum Gasteiger partial charge on any atom is -0.355 e. The van der Waals surface area contributed by atoms with Crippen LogP contribution in [0.2, 0.25) is 0 Å². The summed E-state index contributed by atoms with van der Waals surface area (Å²) in [5.74, 6) is -0.481. The van der Waals surface area contributed by atoms with Gasteiger partial charge >= 0.3 is 6.18 Å². The van der Waals surface area contributed by atoms with Gasteiger partial charge in [0, 0.05) is 24.7 Å². The van der Waals surface area contributed by atoms with Crippen LogP contribution in [0.5, 0.6) is 0 Å². The van der Waals surface area contributed by atoms with Crippen molar-refractivity contribution in [2.45, 2.75) is 12.6 Å². The van der Waals surface area contributed by atoms with Crippen molar-refractivity contribution in [1.82, 2.24) is 10.3 Å². The first-order valence-corrected chi connectivity index (χ1v) is 10.1. The number of alkyl halides is 3. The van der Waals surface area contributed by atoms with E-state index in [-0.39, 0.29) is 11.8 Å². The molecule has 1 heterocycles. The van der Waals surface area contributed by atoms with E-state index in [9.17, 15) is 22.8 Å². The van der Waals surface area contributed by atoms with Crippen LogP contribution in [0.1, 0.15) is 21.5 Å². The fourth-order valence-electron chi connectivity index (χ4n) is 3.23. The highest BCUT2D eigenvalue weighted by Gasteiger charge is 2.30. The molecule has 1 aromatic heterocycles. The van der Waals surface area contributed by atoms with E-state index in [1.54, 1.807) is 31.3 Å². The van der Waals surface area contributed by atoms with Crippen LogP contribution in [-0.2, 0) is 17.4 Å². The van der Waals surface area contributed by atoms with Crippen LogP contribution in [0.3, 0.4) is 0 Å². The number of aromatic nitrogens is 1. The highest BCUT2D eigenvalue weighted by Crippen LogP contribution is 2.31. The molecule has 1 N–H and O–H groups in total. The lowest BCUT2D eigenvalue weighted by Gasteiger charge is -2.21. The molecular formula is C25H22F3N3O2. The van der Waals surface area contributed by atoms with Gasteiger partial charge in [0.15, 0.2) is 0 Å². The van der Waals surface area contributed by atoms with E-state index >= 15 is 0 Å². The van der Waals surface area contributed by atoms with E-state index in [1.165, 1.54) is 29.3 Å². The summed E-state index contributed by atoms with van der Waals surface area (Å²) in [6.45, 7) is 3.90. The summed E-state index contributed by atoms with van der Waals surface area (Å²) < 4.78 is 38.3. The maximum Gasteiger partial charge on any atom is 0.416 e. The van der Waals surface area contributed by atoms with Crippen molar-refractivity contribution in [3.63, 3.8) is 0 Å². The number of anilines is 1. The number of pyridine rings is 1. The van der Waals surface area contributed by atoms with Crippen LogP contribution in [0.25, 0.3) is 11.3 Å². The summed E-state index contributed by atoms with van der Waals surface area (Å²) in [7, 11) is 1.56. The molecule has 3 rings (SSSR count). The third-order valence-electron chi connectivity index (χ3n) is 5.08. The first-order valence-electron chi connectivity index (χ1n) is 10.1. The second-order valence-electron chi connectivity index (χ2n) is 7.20. The minimum atomic E-state index is -4.40. The van der Waals surface area contributed by atoms with Gasteiger partial charge in [-0.25, -0.2) is 0 Å². The summed E-state index contributed by atoms with van der Waals surface area (Å²) in [5, 5.41) is 2.56. The number of amides is 2. The second-order valence-corrected chi connectivity index (χ2v) is 7.20. The Morgan fingerprint density at radius 2 is 1.70 bits per heavy atom. The van der Waals surface area contributed by atoms with Crippen LogP contribution in [0.4, 0.5) is 18.9 Å². The molecule has 0 fully saturated rings. The summed E-state index contributed by atoms with van der Waals surface area (Å²) in [4.78, 5) is 29.9. The Bertz CT molecular complexity index is 1120. The van der Waals surface area contributed by atoms with Crippen molar-refractivity contribution in [3.8, 4) is 11.3 Å². The van der Waals surface area contributed by atoms with Gasteiger partial charge in [0.25, 0.3) is 5.91 Å². The number of carbonyl (C=O) groups is 2. The average Bonchev–Trinajstić information content (AvgIpc) is 2.83. The summed E-state index contributed by atoms with van der Waals surface area (Å²) in [6.07, 6.45) is -1.15. The number of rotatable bonds is 7. The molecule has 0 aliphatic carbocycles. The van der Waals surface area contributed by atoms with Crippen LogP contribution >= 0.6 is 0 Å². The number of hydrogen-bond acceptors (Lipinski definition) is 3. The zero-order chi connectivity index (χ0) is 24.0. The van der Waals surface area contributed by atoms with Gasteiger partial charge in [-0.05, 0) is 54.5 Å². The van der Waals surface area contributed by atoms with E-state index in [1.807, 2.05) is 12.1 Å². The van der Waals surface area contributed by atoms with Gasteiger partial charge in [-0.1, -0.05) is 30.8 Å². The number of nitrogens with one attached hydrogen (secondary N) is 1. The van der Waals surface area contributed by atoms with Crippen LogP contribution in [0, 0.1) is 0 Å². The molecule has 170 valence electrons. The molecular weight excluding hydrogens is 431 g/mol. The molecule has 0 spiro atoms. The summed E-state index contributed by atoms with van der Waals surface area (Å²) >= 11 is 0. The van der Waals surface area contributed by atoms with Gasteiger partial charge in [-0.3, -0.25) is 14.6 Å². The molecule has 8 heteroatoms. The lowest BCUT2D eigenvalue weighted by Crippen LogP contribution is -2.31. The SMILES string of the molecule is C=CC(=O)N(CCc1ccc(C(=O)NC)cc1)c1ccc(-c2ccc(C(F)(F)F)cc2)nc1. The quantitative estimate of drug-likeness (QED) is 0.518. The van der Waals surface area contributed by atoms with Gasteiger partial charge < -0.3 is 10.2 Å². The van der Waals surface area contributed by atoms with E-state index in [4.69, 9.17) is 0 Å². The molecule has 0 saturated heterocycles. The molecule has 3 aromatic rings. The van der Waals surface area contributed by atoms with Crippen molar-refractivity contribution in [3.05, 3.63) is 96.2 Å². The van der Waals surface area contributed by atoms with Crippen LogP contribution < -0.4 is 10.2 Å². The molecule has 0 aliphatic rings. The molecule has 2 aromatic carbocycles. The van der Waals surface area contributed by atoms with Crippen LogP contribution in [-0.4, -0.2) is 30.4 Å². The number of carbonyl (C=O) groups excluding carboxylic acids is 2. The Morgan fingerprint density at radius 1 is 1.03 bits per heavy atom. The van der Waals surface area contributed by atoms with E-state index < -0.39 is 11.7 Å². The summed E-state index contributed by atoms with van der Waals surface area (Å²) in [5.41, 5.74) is 2.32. The lowest BCUT2D eigenvalue weighted by molar-refractivity contribution is -0.137. The highest BCUT2D eigenvalue weighted by atomic mass is 19.4. The standard InChI is InChI=1S/C25H22F3N3O2/c1-3-23(32)31(15-14-17-4-6-19(7-5-17)24(33)29-2)21-12-13-22(30-16-21)18-8-10-20(11-9-18)25(26,27)28/h3-13,16H,1,14-15H2,2H3,(H,29,33). The smallest absolute Gasteiger partial charge is 0.355 e. The molecule has 0 unspecified atom stereocenters. The first-order chi connectivity index (χ1) is 15.7. The average molecular weight is 453 g/mol. The van der Waals surface area contributed by atoms with Gasteiger partial charge in [-0.15, -0.1) is 0 Å². The highest BCUT2D eigenvalue weighted by molar-refractivity contribution is 6.01. The zero-order valence-electron chi connectivity index (χ0n) is 17.9. The number of nitrogens with zero attached hydrogens (tertiary/aromatic N) is 2.